The lowest BCUT2D eigenvalue weighted by Gasteiger charge is -2.22. The SMILES string of the molecule is CCOC(=O)C(Sc1ccc(CCCOC2CCCCO2)cc1)C(C)=O. The fourth-order valence-corrected chi connectivity index (χ4v) is 3.62. The first-order valence-electron chi connectivity index (χ1n) is 9.26. The second-order valence-electron chi connectivity index (χ2n) is 6.28. The minimum absolute atomic E-state index is 0.0334. The highest BCUT2D eigenvalue weighted by molar-refractivity contribution is 8.01. The molecule has 0 N–H and O–H groups in total. The van der Waals surface area contributed by atoms with Crippen molar-refractivity contribution in [2.75, 3.05) is 19.8 Å². The van der Waals surface area contributed by atoms with Gasteiger partial charge in [-0.2, -0.15) is 0 Å². The third-order valence-corrected chi connectivity index (χ3v) is 5.40. The van der Waals surface area contributed by atoms with Crippen LogP contribution in [0.2, 0.25) is 0 Å². The Morgan fingerprint density at radius 1 is 1.27 bits per heavy atom. The number of rotatable bonds is 10. The minimum Gasteiger partial charge on any atom is -0.465 e. The quantitative estimate of drug-likeness (QED) is 0.266. The molecule has 6 heteroatoms. The van der Waals surface area contributed by atoms with E-state index < -0.39 is 11.2 Å². The van der Waals surface area contributed by atoms with E-state index in [1.54, 1.807) is 6.92 Å². The van der Waals surface area contributed by atoms with E-state index in [0.717, 1.165) is 37.2 Å². The zero-order chi connectivity index (χ0) is 18.8. The van der Waals surface area contributed by atoms with E-state index in [1.165, 1.54) is 30.7 Å². The molecule has 1 aliphatic rings. The monoisotopic (exact) mass is 380 g/mol. The number of hydrogen-bond donors (Lipinski definition) is 0. The number of Topliss-reactive ketones (excluding diaryl/α,β-unsaturated/α-hetero) is 1. The van der Waals surface area contributed by atoms with Gasteiger partial charge in [0.05, 0.1) is 13.2 Å². The van der Waals surface area contributed by atoms with Gasteiger partial charge in [-0.25, -0.2) is 0 Å². The van der Waals surface area contributed by atoms with Gasteiger partial charge in [-0.3, -0.25) is 9.59 Å². The highest BCUT2D eigenvalue weighted by atomic mass is 32.2. The van der Waals surface area contributed by atoms with Crippen molar-refractivity contribution in [1.82, 2.24) is 0 Å². The van der Waals surface area contributed by atoms with E-state index >= 15 is 0 Å². The maximum atomic E-state index is 11.9. The van der Waals surface area contributed by atoms with Crippen LogP contribution in [0.25, 0.3) is 0 Å². The molecule has 26 heavy (non-hydrogen) atoms. The summed E-state index contributed by atoms with van der Waals surface area (Å²) in [5.41, 5.74) is 1.21. The lowest BCUT2D eigenvalue weighted by Crippen LogP contribution is -2.27. The van der Waals surface area contributed by atoms with Crippen LogP contribution in [0, 0.1) is 0 Å². The van der Waals surface area contributed by atoms with Gasteiger partial charge in [-0.15, -0.1) is 11.8 Å². The molecule has 1 saturated heterocycles. The Balaban J connectivity index is 1.75. The molecule has 2 atom stereocenters. The van der Waals surface area contributed by atoms with Gasteiger partial charge >= 0.3 is 5.97 Å². The van der Waals surface area contributed by atoms with Gasteiger partial charge in [-0.1, -0.05) is 12.1 Å². The predicted octanol–water partition coefficient (Wildman–Crippen LogP) is 3.78. The zero-order valence-corrected chi connectivity index (χ0v) is 16.4. The molecule has 0 spiro atoms. The van der Waals surface area contributed by atoms with Crippen molar-refractivity contribution in [1.29, 1.82) is 0 Å². The van der Waals surface area contributed by atoms with Gasteiger partial charge in [0.1, 0.15) is 0 Å². The van der Waals surface area contributed by atoms with Crippen molar-refractivity contribution in [3.8, 4) is 0 Å². The van der Waals surface area contributed by atoms with Crippen molar-refractivity contribution >= 4 is 23.5 Å². The molecule has 5 nitrogen and oxygen atoms in total. The summed E-state index contributed by atoms with van der Waals surface area (Å²) in [5, 5.41) is -0.801. The summed E-state index contributed by atoms with van der Waals surface area (Å²) < 4.78 is 16.3. The molecular weight excluding hydrogens is 352 g/mol. The van der Waals surface area contributed by atoms with Gasteiger partial charge in [0.15, 0.2) is 17.3 Å². The molecule has 2 unspecified atom stereocenters. The van der Waals surface area contributed by atoms with Crippen molar-refractivity contribution in [3.05, 3.63) is 29.8 Å². The fraction of sp³-hybridized carbons (Fsp3) is 0.600. The summed E-state index contributed by atoms with van der Waals surface area (Å²) >= 11 is 1.24. The second-order valence-corrected chi connectivity index (χ2v) is 7.45. The van der Waals surface area contributed by atoms with E-state index in [9.17, 15) is 9.59 Å². The maximum Gasteiger partial charge on any atom is 0.327 e. The van der Waals surface area contributed by atoms with Crippen LogP contribution in [-0.4, -0.2) is 43.1 Å². The van der Waals surface area contributed by atoms with Crippen LogP contribution < -0.4 is 0 Å². The highest BCUT2D eigenvalue weighted by Crippen LogP contribution is 2.25. The molecule has 1 fully saturated rings. The maximum absolute atomic E-state index is 11.9. The summed E-state index contributed by atoms with van der Waals surface area (Å²) in [6.07, 6.45) is 5.12. The Labute approximate surface area is 159 Å². The molecule has 0 amide bonds. The second kappa shape index (κ2) is 11.4. The van der Waals surface area contributed by atoms with E-state index in [4.69, 9.17) is 14.2 Å². The number of carbonyl (C=O) groups is 2. The molecular formula is C20H28O5S. The molecule has 2 rings (SSSR count). The number of ether oxygens (including phenoxy) is 3. The Hall–Kier alpha value is -1.37. The molecule has 0 aromatic heterocycles. The Bertz CT molecular complexity index is 566. The number of carbonyl (C=O) groups excluding carboxylic acids is 2. The summed E-state index contributed by atoms with van der Waals surface area (Å²) in [7, 11) is 0. The molecule has 0 aliphatic carbocycles. The Kier molecular flexibility index (Phi) is 9.15. The largest absolute Gasteiger partial charge is 0.465 e. The number of ketones is 1. The first kappa shape index (κ1) is 20.9. The number of benzene rings is 1. The summed E-state index contributed by atoms with van der Waals surface area (Å²) in [6, 6.07) is 7.95. The molecule has 0 bridgehead atoms. The van der Waals surface area contributed by atoms with Crippen LogP contribution in [0.1, 0.15) is 45.1 Å². The fourth-order valence-electron chi connectivity index (χ4n) is 2.72. The topological polar surface area (TPSA) is 61.8 Å². The smallest absolute Gasteiger partial charge is 0.327 e. The number of hydrogen-bond acceptors (Lipinski definition) is 6. The lowest BCUT2D eigenvalue weighted by atomic mass is 10.1. The van der Waals surface area contributed by atoms with Crippen molar-refractivity contribution in [2.24, 2.45) is 0 Å². The van der Waals surface area contributed by atoms with Crippen LogP contribution in [0.3, 0.4) is 0 Å². The van der Waals surface area contributed by atoms with Gasteiger partial charge < -0.3 is 14.2 Å². The van der Waals surface area contributed by atoms with Crippen molar-refractivity contribution in [2.45, 2.75) is 62.4 Å². The molecule has 1 aliphatic heterocycles. The zero-order valence-electron chi connectivity index (χ0n) is 15.6. The first-order chi connectivity index (χ1) is 12.6. The molecule has 0 radical (unpaired) electrons. The highest BCUT2D eigenvalue weighted by Gasteiger charge is 2.25. The van der Waals surface area contributed by atoms with Gasteiger partial charge in [0, 0.05) is 11.5 Å². The van der Waals surface area contributed by atoms with Crippen LogP contribution in [-0.2, 0) is 30.2 Å². The van der Waals surface area contributed by atoms with E-state index in [0.29, 0.717) is 6.61 Å². The average Bonchev–Trinajstić information content (AvgIpc) is 2.65. The molecule has 144 valence electrons. The predicted molar refractivity (Wildman–Crippen MR) is 101 cm³/mol. The third-order valence-electron chi connectivity index (χ3n) is 4.10. The molecule has 1 heterocycles. The lowest BCUT2D eigenvalue weighted by molar-refractivity contribution is -0.162. The molecule has 1 aromatic rings. The number of esters is 1. The summed E-state index contributed by atoms with van der Waals surface area (Å²) in [5.74, 6) is -0.671. The van der Waals surface area contributed by atoms with Gasteiger partial charge in [-0.05, 0) is 63.6 Å². The van der Waals surface area contributed by atoms with Gasteiger partial charge in [0.25, 0.3) is 0 Å². The van der Waals surface area contributed by atoms with Crippen LogP contribution in [0.15, 0.2) is 29.2 Å². The van der Waals surface area contributed by atoms with Crippen LogP contribution >= 0.6 is 11.8 Å². The Morgan fingerprint density at radius 3 is 2.65 bits per heavy atom. The summed E-state index contributed by atoms with van der Waals surface area (Å²) in [4.78, 5) is 24.4. The standard InChI is InChI=1S/C20H28O5S/c1-3-23-20(22)19(15(2)21)26-17-11-9-16(10-12-17)7-6-14-25-18-8-4-5-13-24-18/h9-12,18-19H,3-8,13-14H2,1-2H3. The van der Waals surface area contributed by atoms with Gasteiger partial charge in [0.2, 0.25) is 0 Å². The number of thioether (sulfide) groups is 1. The van der Waals surface area contributed by atoms with E-state index in [2.05, 4.69) is 0 Å². The van der Waals surface area contributed by atoms with E-state index in [1.807, 2.05) is 24.3 Å². The van der Waals surface area contributed by atoms with Crippen LogP contribution in [0.4, 0.5) is 0 Å². The Morgan fingerprint density at radius 2 is 2.04 bits per heavy atom. The third kappa shape index (κ3) is 7.09. The first-order valence-corrected chi connectivity index (χ1v) is 10.1. The van der Waals surface area contributed by atoms with Crippen molar-refractivity contribution in [3.63, 3.8) is 0 Å². The average molecular weight is 381 g/mol. The summed E-state index contributed by atoms with van der Waals surface area (Å²) in [6.45, 7) is 4.92. The van der Waals surface area contributed by atoms with E-state index in [-0.39, 0.29) is 18.7 Å². The normalized spacial score (nSPS) is 18.3. The molecule has 1 aromatic carbocycles. The minimum atomic E-state index is -0.801. The molecule has 0 saturated carbocycles. The number of aryl methyl sites for hydroxylation is 1. The van der Waals surface area contributed by atoms with Crippen molar-refractivity contribution < 1.29 is 23.8 Å². The van der Waals surface area contributed by atoms with Crippen LogP contribution in [0.5, 0.6) is 0 Å².